The molecule has 0 amide bonds. The maximum absolute atomic E-state index is 10.9. The van der Waals surface area contributed by atoms with Gasteiger partial charge in [-0.3, -0.25) is 0 Å². The summed E-state index contributed by atoms with van der Waals surface area (Å²) >= 11 is 0. The van der Waals surface area contributed by atoms with E-state index >= 15 is 0 Å². The highest BCUT2D eigenvalue weighted by atomic mass is 16.4. The Balaban J connectivity index is 2.81. The fourth-order valence-electron chi connectivity index (χ4n) is 2.52. The standard InChI is InChI=1S/C10H18O2/c1-7-5-4-6-10(2,3)8(7)9(11)12/h7-8H,4-6H2,1-3H3,(H,11,12)/p-1. The van der Waals surface area contributed by atoms with Crippen molar-refractivity contribution < 1.29 is 9.90 Å². The van der Waals surface area contributed by atoms with E-state index < -0.39 is 5.97 Å². The molecule has 1 aliphatic rings. The van der Waals surface area contributed by atoms with Gasteiger partial charge in [-0.2, -0.15) is 0 Å². The van der Waals surface area contributed by atoms with Gasteiger partial charge in [0, 0.05) is 11.9 Å². The molecule has 70 valence electrons. The lowest BCUT2D eigenvalue weighted by Crippen LogP contribution is -2.46. The summed E-state index contributed by atoms with van der Waals surface area (Å²) in [5, 5.41) is 10.9. The van der Waals surface area contributed by atoms with Crippen molar-refractivity contribution in [1.29, 1.82) is 0 Å². The number of hydrogen-bond donors (Lipinski definition) is 0. The first-order valence-electron chi connectivity index (χ1n) is 4.66. The zero-order chi connectivity index (χ0) is 9.35. The van der Waals surface area contributed by atoms with Crippen LogP contribution in [0.1, 0.15) is 40.0 Å². The molecule has 0 aromatic rings. The molecule has 0 spiro atoms. The van der Waals surface area contributed by atoms with E-state index in [1.807, 2.05) is 20.8 Å². The molecule has 2 unspecified atom stereocenters. The third-order valence-corrected chi connectivity index (χ3v) is 3.15. The van der Waals surface area contributed by atoms with E-state index in [4.69, 9.17) is 0 Å². The normalized spacial score (nSPS) is 34.6. The highest BCUT2D eigenvalue weighted by Gasteiger charge is 2.37. The fraction of sp³-hybridized carbons (Fsp3) is 0.900. The van der Waals surface area contributed by atoms with Crippen LogP contribution < -0.4 is 5.11 Å². The lowest BCUT2D eigenvalue weighted by atomic mass is 9.64. The van der Waals surface area contributed by atoms with Gasteiger partial charge in [0.2, 0.25) is 0 Å². The number of aliphatic carboxylic acids is 1. The lowest BCUT2D eigenvalue weighted by molar-refractivity contribution is -0.318. The Morgan fingerprint density at radius 2 is 2.08 bits per heavy atom. The number of carboxylic acids is 1. The molecular weight excluding hydrogens is 152 g/mol. The molecule has 1 saturated carbocycles. The number of hydrogen-bond acceptors (Lipinski definition) is 2. The van der Waals surface area contributed by atoms with Crippen molar-refractivity contribution in [2.45, 2.75) is 40.0 Å². The molecule has 0 N–H and O–H groups in total. The van der Waals surface area contributed by atoms with Crippen molar-refractivity contribution >= 4 is 5.97 Å². The van der Waals surface area contributed by atoms with E-state index in [-0.39, 0.29) is 17.3 Å². The molecule has 0 saturated heterocycles. The second-order valence-corrected chi connectivity index (χ2v) is 4.65. The van der Waals surface area contributed by atoms with Gasteiger partial charge in [0.05, 0.1) is 0 Å². The molecule has 1 aliphatic carbocycles. The van der Waals surface area contributed by atoms with Gasteiger partial charge < -0.3 is 9.90 Å². The molecule has 0 heterocycles. The summed E-state index contributed by atoms with van der Waals surface area (Å²) in [5.41, 5.74) is -0.0729. The van der Waals surface area contributed by atoms with Gasteiger partial charge in [0.15, 0.2) is 0 Å². The van der Waals surface area contributed by atoms with Crippen molar-refractivity contribution in [2.24, 2.45) is 17.3 Å². The van der Waals surface area contributed by atoms with E-state index in [9.17, 15) is 9.90 Å². The summed E-state index contributed by atoms with van der Waals surface area (Å²) in [5.74, 6) is -0.850. The van der Waals surface area contributed by atoms with E-state index in [1.165, 1.54) is 0 Å². The largest absolute Gasteiger partial charge is 0.550 e. The zero-order valence-electron chi connectivity index (χ0n) is 8.09. The Hall–Kier alpha value is -0.530. The highest BCUT2D eigenvalue weighted by Crippen LogP contribution is 2.43. The zero-order valence-corrected chi connectivity index (χ0v) is 8.09. The van der Waals surface area contributed by atoms with Crippen LogP contribution in [-0.2, 0) is 4.79 Å². The van der Waals surface area contributed by atoms with Crippen molar-refractivity contribution in [3.63, 3.8) is 0 Å². The van der Waals surface area contributed by atoms with Crippen LogP contribution in [0.25, 0.3) is 0 Å². The minimum atomic E-state index is -0.868. The molecule has 12 heavy (non-hydrogen) atoms. The average Bonchev–Trinajstić information content (AvgIpc) is 1.82. The van der Waals surface area contributed by atoms with Crippen molar-refractivity contribution in [1.82, 2.24) is 0 Å². The predicted octanol–water partition coefficient (Wildman–Crippen LogP) is 1.20. The van der Waals surface area contributed by atoms with Gasteiger partial charge >= 0.3 is 0 Å². The molecule has 1 rings (SSSR count). The maximum atomic E-state index is 10.9. The fourth-order valence-corrected chi connectivity index (χ4v) is 2.52. The first kappa shape index (κ1) is 9.56. The molecular formula is C10H17O2-. The summed E-state index contributed by atoms with van der Waals surface area (Å²) < 4.78 is 0. The molecule has 0 radical (unpaired) electrons. The summed E-state index contributed by atoms with van der Waals surface area (Å²) in [4.78, 5) is 10.9. The Bertz CT molecular complexity index is 184. The Labute approximate surface area is 74.0 Å². The van der Waals surface area contributed by atoms with E-state index in [2.05, 4.69) is 0 Å². The molecule has 0 bridgehead atoms. The van der Waals surface area contributed by atoms with E-state index in [0.717, 1.165) is 19.3 Å². The monoisotopic (exact) mass is 169 g/mol. The van der Waals surface area contributed by atoms with Gasteiger partial charge in [-0.1, -0.05) is 33.6 Å². The summed E-state index contributed by atoms with van der Waals surface area (Å²) in [6.07, 6.45) is 3.19. The molecule has 0 aromatic heterocycles. The van der Waals surface area contributed by atoms with Gasteiger partial charge in [-0.25, -0.2) is 0 Å². The molecule has 2 nitrogen and oxygen atoms in total. The van der Waals surface area contributed by atoms with Crippen molar-refractivity contribution in [3.05, 3.63) is 0 Å². The summed E-state index contributed by atoms with van der Waals surface area (Å²) in [6, 6.07) is 0. The number of carboxylic acid groups (broad SMARTS) is 1. The summed E-state index contributed by atoms with van der Waals surface area (Å²) in [6.45, 7) is 6.08. The minimum absolute atomic E-state index is 0.0729. The number of rotatable bonds is 1. The highest BCUT2D eigenvalue weighted by molar-refractivity contribution is 5.69. The average molecular weight is 169 g/mol. The first-order valence-corrected chi connectivity index (χ1v) is 4.66. The predicted molar refractivity (Wildman–Crippen MR) is 45.3 cm³/mol. The van der Waals surface area contributed by atoms with Gasteiger partial charge in [0.1, 0.15) is 0 Å². The Morgan fingerprint density at radius 1 is 1.50 bits per heavy atom. The lowest BCUT2D eigenvalue weighted by Gasteiger charge is -2.43. The molecule has 2 heteroatoms. The van der Waals surface area contributed by atoms with Crippen molar-refractivity contribution in [2.75, 3.05) is 0 Å². The maximum Gasteiger partial charge on any atom is 0.0453 e. The van der Waals surface area contributed by atoms with Crippen LogP contribution in [0, 0.1) is 17.3 Å². The third-order valence-electron chi connectivity index (χ3n) is 3.15. The van der Waals surface area contributed by atoms with Crippen LogP contribution in [0.5, 0.6) is 0 Å². The van der Waals surface area contributed by atoms with Crippen LogP contribution in [-0.4, -0.2) is 5.97 Å². The smallest absolute Gasteiger partial charge is 0.0453 e. The van der Waals surface area contributed by atoms with Crippen molar-refractivity contribution in [3.8, 4) is 0 Å². The summed E-state index contributed by atoms with van der Waals surface area (Å²) in [7, 11) is 0. The molecule has 1 fully saturated rings. The minimum Gasteiger partial charge on any atom is -0.550 e. The number of carbonyl (C=O) groups is 1. The third kappa shape index (κ3) is 1.62. The Kier molecular flexibility index (Phi) is 2.45. The molecule has 0 aliphatic heterocycles. The van der Waals surface area contributed by atoms with E-state index in [1.54, 1.807) is 0 Å². The van der Waals surface area contributed by atoms with Gasteiger partial charge in [-0.05, 0) is 17.8 Å². The Morgan fingerprint density at radius 3 is 2.42 bits per heavy atom. The second-order valence-electron chi connectivity index (χ2n) is 4.65. The van der Waals surface area contributed by atoms with Crippen LogP contribution in [0.15, 0.2) is 0 Å². The second kappa shape index (κ2) is 3.08. The van der Waals surface area contributed by atoms with Crippen LogP contribution in [0.2, 0.25) is 0 Å². The molecule has 2 atom stereocenters. The quantitative estimate of drug-likeness (QED) is 0.591. The van der Waals surface area contributed by atoms with Crippen LogP contribution in [0.4, 0.5) is 0 Å². The van der Waals surface area contributed by atoms with E-state index in [0.29, 0.717) is 0 Å². The molecule has 0 aromatic carbocycles. The first-order chi connectivity index (χ1) is 5.45. The van der Waals surface area contributed by atoms with Gasteiger partial charge in [0.25, 0.3) is 0 Å². The van der Waals surface area contributed by atoms with Crippen LogP contribution >= 0.6 is 0 Å². The number of carbonyl (C=O) groups excluding carboxylic acids is 1. The topological polar surface area (TPSA) is 40.1 Å². The van der Waals surface area contributed by atoms with Gasteiger partial charge in [-0.15, -0.1) is 0 Å². The SMILES string of the molecule is CC1CCCC(C)(C)C1C(=O)[O-]. The van der Waals surface area contributed by atoms with Crippen LogP contribution in [0.3, 0.4) is 0 Å².